The molecule has 2 heteroatoms. The zero-order valence-electron chi connectivity index (χ0n) is 13.2. The number of nitrogens with one attached hydrogen (secondary N) is 1. The average molecular weight is 275 g/mol. The van der Waals surface area contributed by atoms with Crippen LogP contribution in [-0.2, 0) is 6.42 Å². The lowest BCUT2D eigenvalue weighted by Gasteiger charge is -2.27. The van der Waals surface area contributed by atoms with Gasteiger partial charge in [0.15, 0.2) is 0 Å². The minimum atomic E-state index is 0.370. The van der Waals surface area contributed by atoms with Crippen LogP contribution in [0.25, 0.3) is 0 Å². The van der Waals surface area contributed by atoms with E-state index in [9.17, 15) is 5.11 Å². The molecule has 112 valence electrons. The average Bonchev–Trinajstić information content (AvgIpc) is 2.79. The Morgan fingerprint density at radius 1 is 1.30 bits per heavy atom. The monoisotopic (exact) mass is 275 g/mol. The SMILES string of the molecule is CCCCCC(C)(C)CNC1CCc2cc(O)ccc21. The van der Waals surface area contributed by atoms with Gasteiger partial charge in [-0.1, -0.05) is 46.1 Å². The Balaban J connectivity index is 1.87. The molecule has 1 atom stereocenters. The minimum absolute atomic E-state index is 0.370. The third kappa shape index (κ3) is 3.99. The summed E-state index contributed by atoms with van der Waals surface area (Å²) in [5.41, 5.74) is 3.06. The second-order valence-corrected chi connectivity index (χ2v) is 6.98. The van der Waals surface area contributed by atoms with Crippen LogP contribution < -0.4 is 5.32 Å². The van der Waals surface area contributed by atoms with E-state index >= 15 is 0 Å². The molecule has 1 aromatic carbocycles. The Morgan fingerprint density at radius 2 is 2.10 bits per heavy atom. The van der Waals surface area contributed by atoms with Crippen molar-refractivity contribution >= 4 is 0 Å². The van der Waals surface area contributed by atoms with Gasteiger partial charge in [-0.2, -0.15) is 0 Å². The number of aromatic hydroxyl groups is 1. The van der Waals surface area contributed by atoms with Gasteiger partial charge in [0.25, 0.3) is 0 Å². The molecule has 1 unspecified atom stereocenters. The first kappa shape index (κ1) is 15.4. The lowest BCUT2D eigenvalue weighted by Crippen LogP contribution is -2.31. The first-order valence-electron chi connectivity index (χ1n) is 8.07. The molecule has 0 aromatic heterocycles. The molecule has 2 N–H and O–H groups in total. The molecule has 20 heavy (non-hydrogen) atoms. The van der Waals surface area contributed by atoms with Gasteiger partial charge in [0.2, 0.25) is 0 Å². The summed E-state index contributed by atoms with van der Waals surface area (Å²) < 4.78 is 0. The highest BCUT2D eigenvalue weighted by molar-refractivity contribution is 5.40. The molecule has 0 aliphatic heterocycles. The summed E-state index contributed by atoms with van der Waals surface area (Å²) in [5.74, 6) is 0.393. The molecule has 0 heterocycles. The first-order chi connectivity index (χ1) is 9.52. The predicted molar refractivity (Wildman–Crippen MR) is 85.1 cm³/mol. The van der Waals surface area contributed by atoms with Gasteiger partial charge < -0.3 is 10.4 Å². The molecule has 1 aliphatic carbocycles. The quantitative estimate of drug-likeness (QED) is 0.714. The summed E-state index contributed by atoms with van der Waals surface area (Å²) >= 11 is 0. The van der Waals surface area contributed by atoms with Crippen molar-refractivity contribution in [2.24, 2.45) is 5.41 Å². The molecule has 2 nitrogen and oxygen atoms in total. The molecule has 0 saturated carbocycles. The van der Waals surface area contributed by atoms with Gasteiger partial charge in [0.05, 0.1) is 0 Å². The fourth-order valence-electron chi connectivity index (χ4n) is 3.16. The lowest BCUT2D eigenvalue weighted by atomic mass is 9.86. The number of hydrogen-bond acceptors (Lipinski definition) is 2. The topological polar surface area (TPSA) is 32.3 Å². The molecule has 0 radical (unpaired) electrons. The fourth-order valence-corrected chi connectivity index (χ4v) is 3.16. The molecular formula is C18H29NO. The van der Waals surface area contributed by atoms with Gasteiger partial charge in [-0.3, -0.25) is 0 Å². The lowest BCUT2D eigenvalue weighted by molar-refractivity contribution is 0.287. The number of fused-ring (bicyclic) bond motifs is 1. The van der Waals surface area contributed by atoms with Crippen LogP contribution in [0.4, 0.5) is 0 Å². The molecule has 1 aliphatic rings. The van der Waals surface area contributed by atoms with Crippen LogP contribution in [0.15, 0.2) is 18.2 Å². The Kier molecular flexibility index (Phi) is 5.09. The van der Waals surface area contributed by atoms with Crippen LogP contribution in [-0.4, -0.2) is 11.7 Å². The van der Waals surface area contributed by atoms with Gasteiger partial charge in [-0.25, -0.2) is 0 Å². The summed E-state index contributed by atoms with van der Waals surface area (Å²) in [6, 6.07) is 6.28. The third-order valence-corrected chi connectivity index (χ3v) is 4.49. The second-order valence-electron chi connectivity index (χ2n) is 6.98. The van der Waals surface area contributed by atoms with Crippen molar-refractivity contribution in [3.05, 3.63) is 29.3 Å². The molecule has 2 rings (SSSR count). The van der Waals surface area contributed by atoms with Gasteiger partial charge in [0, 0.05) is 12.6 Å². The largest absolute Gasteiger partial charge is 0.508 e. The standard InChI is InChI=1S/C18H29NO/c1-4-5-6-11-18(2,3)13-19-17-10-7-14-12-15(20)8-9-16(14)17/h8-9,12,17,19-20H,4-7,10-11,13H2,1-3H3. The number of phenolic OH excluding ortho intramolecular Hbond substituents is 1. The Hall–Kier alpha value is -1.02. The fraction of sp³-hybridized carbons (Fsp3) is 0.667. The summed E-state index contributed by atoms with van der Waals surface area (Å²) in [5, 5.41) is 13.3. The van der Waals surface area contributed by atoms with Crippen LogP contribution in [0.5, 0.6) is 5.75 Å². The van der Waals surface area contributed by atoms with E-state index in [1.807, 2.05) is 12.1 Å². The highest BCUT2D eigenvalue weighted by Gasteiger charge is 2.25. The summed E-state index contributed by atoms with van der Waals surface area (Å²) in [4.78, 5) is 0. The van der Waals surface area contributed by atoms with E-state index < -0.39 is 0 Å². The molecule has 1 aromatic rings. The van der Waals surface area contributed by atoms with Crippen LogP contribution in [0.1, 0.15) is 70.0 Å². The third-order valence-electron chi connectivity index (χ3n) is 4.49. The maximum atomic E-state index is 9.54. The Morgan fingerprint density at radius 3 is 2.85 bits per heavy atom. The van der Waals surface area contributed by atoms with E-state index in [0.717, 1.165) is 19.4 Å². The Bertz CT molecular complexity index is 439. The maximum absolute atomic E-state index is 9.54. The second kappa shape index (κ2) is 6.62. The molecular weight excluding hydrogens is 246 g/mol. The molecule has 0 fully saturated rings. The molecule has 0 amide bonds. The predicted octanol–water partition coefficient (Wildman–Crippen LogP) is 4.58. The highest BCUT2D eigenvalue weighted by Crippen LogP contribution is 2.34. The molecule has 0 bridgehead atoms. The number of unbranched alkanes of at least 4 members (excludes halogenated alkanes) is 2. The first-order valence-corrected chi connectivity index (χ1v) is 8.07. The van der Waals surface area contributed by atoms with Crippen LogP contribution >= 0.6 is 0 Å². The summed E-state index contributed by atoms with van der Waals surface area (Å²) in [6.07, 6.45) is 7.50. The highest BCUT2D eigenvalue weighted by atomic mass is 16.3. The summed E-state index contributed by atoms with van der Waals surface area (Å²) in [7, 11) is 0. The van der Waals surface area contributed by atoms with E-state index in [1.54, 1.807) is 0 Å². The van der Waals surface area contributed by atoms with E-state index in [2.05, 4.69) is 32.2 Å². The van der Waals surface area contributed by atoms with Crippen molar-refractivity contribution in [2.75, 3.05) is 6.54 Å². The van der Waals surface area contributed by atoms with Gasteiger partial charge >= 0.3 is 0 Å². The summed E-state index contributed by atoms with van der Waals surface area (Å²) in [6.45, 7) is 8.06. The van der Waals surface area contributed by atoms with Crippen LogP contribution in [0, 0.1) is 5.41 Å². The van der Waals surface area contributed by atoms with Gasteiger partial charge in [0.1, 0.15) is 5.75 Å². The van der Waals surface area contributed by atoms with Crippen molar-refractivity contribution in [2.45, 2.75) is 65.3 Å². The van der Waals surface area contributed by atoms with Crippen molar-refractivity contribution in [1.29, 1.82) is 0 Å². The Labute approximate surface area is 123 Å². The smallest absolute Gasteiger partial charge is 0.115 e. The zero-order chi connectivity index (χ0) is 14.6. The minimum Gasteiger partial charge on any atom is -0.508 e. The maximum Gasteiger partial charge on any atom is 0.115 e. The van der Waals surface area contributed by atoms with Crippen molar-refractivity contribution < 1.29 is 5.11 Å². The van der Waals surface area contributed by atoms with Crippen molar-refractivity contribution in [3.63, 3.8) is 0 Å². The molecule has 0 spiro atoms. The van der Waals surface area contributed by atoms with E-state index in [1.165, 1.54) is 36.8 Å². The van der Waals surface area contributed by atoms with Crippen LogP contribution in [0.2, 0.25) is 0 Å². The van der Waals surface area contributed by atoms with E-state index in [-0.39, 0.29) is 0 Å². The van der Waals surface area contributed by atoms with Crippen molar-refractivity contribution in [1.82, 2.24) is 5.32 Å². The van der Waals surface area contributed by atoms with E-state index in [4.69, 9.17) is 0 Å². The number of phenols is 1. The van der Waals surface area contributed by atoms with Crippen molar-refractivity contribution in [3.8, 4) is 5.75 Å². The number of benzene rings is 1. The van der Waals surface area contributed by atoms with Gasteiger partial charge in [-0.15, -0.1) is 0 Å². The zero-order valence-corrected chi connectivity index (χ0v) is 13.2. The van der Waals surface area contributed by atoms with E-state index in [0.29, 0.717) is 17.2 Å². The number of hydrogen-bond donors (Lipinski definition) is 2. The number of rotatable bonds is 7. The van der Waals surface area contributed by atoms with Gasteiger partial charge in [-0.05, 0) is 47.9 Å². The number of aryl methyl sites for hydroxylation is 1. The van der Waals surface area contributed by atoms with Crippen LogP contribution in [0.3, 0.4) is 0 Å². The normalized spacial score (nSPS) is 18.2. The molecule has 0 saturated heterocycles.